The van der Waals surface area contributed by atoms with Crippen molar-refractivity contribution in [1.29, 1.82) is 5.26 Å². The number of hydrogen-bond acceptors (Lipinski definition) is 2. The normalized spacial score (nSPS) is 9.88. The first kappa shape index (κ1) is 12.6. The second kappa shape index (κ2) is 6.17. The summed E-state index contributed by atoms with van der Waals surface area (Å²) in [5.74, 6) is 0. The molecule has 0 radical (unpaired) electrons. The van der Waals surface area contributed by atoms with Gasteiger partial charge in [0, 0.05) is 18.8 Å². The molecule has 2 heteroatoms. The molecule has 0 fully saturated rings. The Balaban J connectivity index is 2.93. The van der Waals surface area contributed by atoms with Gasteiger partial charge in [0.25, 0.3) is 0 Å². The summed E-state index contributed by atoms with van der Waals surface area (Å²) >= 11 is 0. The standard InChI is InChI=1S/C14H20N2/c1-4-8-16(9-5-2)14-7-6-13(11-15)12(3)10-14/h6-7,10H,4-5,8-9H2,1-3H3. The molecule has 0 amide bonds. The zero-order valence-electron chi connectivity index (χ0n) is 10.5. The molecule has 0 unspecified atom stereocenters. The molecule has 16 heavy (non-hydrogen) atoms. The fourth-order valence-corrected chi connectivity index (χ4v) is 1.88. The van der Waals surface area contributed by atoms with E-state index >= 15 is 0 Å². The molecule has 1 aromatic carbocycles. The van der Waals surface area contributed by atoms with Crippen molar-refractivity contribution in [2.45, 2.75) is 33.6 Å². The van der Waals surface area contributed by atoms with Crippen LogP contribution in [0.4, 0.5) is 5.69 Å². The van der Waals surface area contributed by atoms with Crippen LogP contribution in [0.25, 0.3) is 0 Å². The van der Waals surface area contributed by atoms with Crippen LogP contribution in [0.5, 0.6) is 0 Å². The molecule has 0 aliphatic heterocycles. The van der Waals surface area contributed by atoms with E-state index in [1.165, 1.54) is 5.69 Å². The van der Waals surface area contributed by atoms with Crippen LogP contribution in [0.3, 0.4) is 0 Å². The quantitative estimate of drug-likeness (QED) is 0.753. The molecule has 0 spiro atoms. The number of nitrogens with zero attached hydrogens (tertiary/aromatic N) is 2. The molecule has 2 nitrogen and oxygen atoms in total. The van der Waals surface area contributed by atoms with Gasteiger partial charge < -0.3 is 4.90 Å². The molecule has 0 aliphatic carbocycles. The van der Waals surface area contributed by atoms with Crippen molar-refractivity contribution in [1.82, 2.24) is 0 Å². The Morgan fingerprint density at radius 1 is 1.19 bits per heavy atom. The maximum Gasteiger partial charge on any atom is 0.0994 e. The smallest absolute Gasteiger partial charge is 0.0994 e. The third kappa shape index (κ3) is 3.00. The summed E-state index contributed by atoms with van der Waals surface area (Å²) in [6.45, 7) is 8.55. The SMILES string of the molecule is CCCN(CCC)c1ccc(C#N)c(C)c1. The van der Waals surface area contributed by atoms with Gasteiger partial charge in [-0.05, 0) is 43.5 Å². The average molecular weight is 216 g/mol. The zero-order chi connectivity index (χ0) is 12.0. The van der Waals surface area contributed by atoms with Crippen molar-refractivity contribution in [3.63, 3.8) is 0 Å². The number of nitriles is 1. The van der Waals surface area contributed by atoms with Crippen LogP contribution < -0.4 is 4.90 Å². The molecular weight excluding hydrogens is 196 g/mol. The second-order valence-electron chi connectivity index (χ2n) is 4.10. The molecule has 1 rings (SSSR count). The van der Waals surface area contributed by atoms with E-state index in [1.807, 2.05) is 13.0 Å². The molecule has 1 aromatic rings. The van der Waals surface area contributed by atoms with Crippen LogP contribution in [0.2, 0.25) is 0 Å². The third-order valence-electron chi connectivity index (χ3n) is 2.68. The molecule has 0 saturated heterocycles. The molecule has 0 aromatic heterocycles. The van der Waals surface area contributed by atoms with Crippen LogP contribution in [0.1, 0.15) is 37.8 Å². The van der Waals surface area contributed by atoms with Crippen LogP contribution >= 0.6 is 0 Å². The Kier molecular flexibility index (Phi) is 4.85. The van der Waals surface area contributed by atoms with E-state index in [1.54, 1.807) is 0 Å². The lowest BCUT2D eigenvalue weighted by molar-refractivity contribution is 0.744. The summed E-state index contributed by atoms with van der Waals surface area (Å²) in [5.41, 5.74) is 3.08. The highest BCUT2D eigenvalue weighted by Gasteiger charge is 2.06. The van der Waals surface area contributed by atoms with Gasteiger partial charge in [0.05, 0.1) is 11.6 Å². The van der Waals surface area contributed by atoms with Crippen LogP contribution in [-0.2, 0) is 0 Å². The van der Waals surface area contributed by atoms with Crippen LogP contribution in [0.15, 0.2) is 18.2 Å². The maximum atomic E-state index is 8.89. The highest BCUT2D eigenvalue weighted by atomic mass is 15.1. The molecule has 0 bridgehead atoms. The first-order valence-corrected chi connectivity index (χ1v) is 5.98. The summed E-state index contributed by atoms with van der Waals surface area (Å²) in [7, 11) is 0. The van der Waals surface area contributed by atoms with Crippen molar-refractivity contribution < 1.29 is 0 Å². The average Bonchev–Trinajstić information content (AvgIpc) is 2.28. The predicted molar refractivity (Wildman–Crippen MR) is 68.7 cm³/mol. The van der Waals surface area contributed by atoms with Gasteiger partial charge >= 0.3 is 0 Å². The Morgan fingerprint density at radius 2 is 1.81 bits per heavy atom. The Hall–Kier alpha value is -1.49. The van der Waals surface area contributed by atoms with Gasteiger partial charge in [-0.25, -0.2) is 0 Å². The third-order valence-corrected chi connectivity index (χ3v) is 2.68. The zero-order valence-corrected chi connectivity index (χ0v) is 10.5. The van der Waals surface area contributed by atoms with Crippen molar-refractivity contribution in [3.8, 4) is 6.07 Å². The molecule has 86 valence electrons. The summed E-state index contributed by atoms with van der Waals surface area (Å²) in [6.07, 6.45) is 2.30. The summed E-state index contributed by atoms with van der Waals surface area (Å²) in [6, 6.07) is 8.29. The van der Waals surface area contributed by atoms with Crippen molar-refractivity contribution in [2.24, 2.45) is 0 Å². The highest BCUT2D eigenvalue weighted by molar-refractivity contribution is 5.53. The monoisotopic (exact) mass is 216 g/mol. The van der Waals surface area contributed by atoms with Crippen LogP contribution in [0, 0.1) is 18.3 Å². The fraction of sp³-hybridized carbons (Fsp3) is 0.500. The fourth-order valence-electron chi connectivity index (χ4n) is 1.88. The predicted octanol–water partition coefficient (Wildman–Crippen LogP) is 3.49. The topological polar surface area (TPSA) is 27.0 Å². The summed E-state index contributed by atoms with van der Waals surface area (Å²) in [5, 5.41) is 8.89. The van der Waals surface area contributed by atoms with Crippen LogP contribution in [-0.4, -0.2) is 13.1 Å². The summed E-state index contributed by atoms with van der Waals surface area (Å²) < 4.78 is 0. The minimum Gasteiger partial charge on any atom is -0.372 e. The maximum absolute atomic E-state index is 8.89. The van der Waals surface area contributed by atoms with Gasteiger partial charge in [-0.2, -0.15) is 5.26 Å². The molecular formula is C14H20N2. The lowest BCUT2D eigenvalue weighted by atomic mass is 10.1. The van der Waals surface area contributed by atoms with E-state index in [-0.39, 0.29) is 0 Å². The molecule has 0 atom stereocenters. The Labute approximate surface area is 98.5 Å². The van der Waals surface area contributed by atoms with Crippen molar-refractivity contribution >= 4 is 5.69 Å². The number of anilines is 1. The van der Waals surface area contributed by atoms with Gasteiger partial charge in [-0.1, -0.05) is 13.8 Å². The van der Waals surface area contributed by atoms with Gasteiger partial charge in [-0.15, -0.1) is 0 Å². The van der Waals surface area contributed by atoms with E-state index in [0.29, 0.717) is 0 Å². The number of hydrogen-bond donors (Lipinski definition) is 0. The van der Waals surface area contributed by atoms with Gasteiger partial charge in [-0.3, -0.25) is 0 Å². The van der Waals surface area contributed by atoms with Crippen molar-refractivity contribution in [3.05, 3.63) is 29.3 Å². The number of aryl methyl sites for hydroxylation is 1. The lowest BCUT2D eigenvalue weighted by Gasteiger charge is -2.24. The van der Waals surface area contributed by atoms with Crippen molar-refractivity contribution in [2.75, 3.05) is 18.0 Å². The van der Waals surface area contributed by atoms with Gasteiger partial charge in [0.2, 0.25) is 0 Å². The van der Waals surface area contributed by atoms with E-state index in [2.05, 4.69) is 36.9 Å². The first-order valence-electron chi connectivity index (χ1n) is 5.98. The van der Waals surface area contributed by atoms with E-state index in [9.17, 15) is 0 Å². The number of benzene rings is 1. The molecule has 0 N–H and O–H groups in total. The largest absolute Gasteiger partial charge is 0.372 e. The summed E-state index contributed by atoms with van der Waals surface area (Å²) in [4.78, 5) is 2.38. The lowest BCUT2D eigenvalue weighted by Crippen LogP contribution is -2.24. The van der Waals surface area contributed by atoms with Gasteiger partial charge in [0.1, 0.15) is 0 Å². The van der Waals surface area contributed by atoms with E-state index in [4.69, 9.17) is 5.26 Å². The Bertz CT molecular complexity index is 371. The highest BCUT2D eigenvalue weighted by Crippen LogP contribution is 2.19. The van der Waals surface area contributed by atoms with E-state index in [0.717, 1.165) is 37.1 Å². The minimum absolute atomic E-state index is 0.775. The first-order chi connectivity index (χ1) is 7.72. The molecule has 0 aliphatic rings. The number of rotatable bonds is 5. The van der Waals surface area contributed by atoms with E-state index < -0.39 is 0 Å². The van der Waals surface area contributed by atoms with Gasteiger partial charge in [0.15, 0.2) is 0 Å². The second-order valence-corrected chi connectivity index (χ2v) is 4.10. The molecule has 0 heterocycles. The minimum atomic E-state index is 0.775. The molecule has 0 saturated carbocycles. The Morgan fingerprint density at radius 3 is 2.25 bits per heavy atom.